The topological polar surface area (TPSA) is 26.3 Å². The molecule has 128 valence electrons. The average Bonchev–Trinajstić information content (AvgIpc) is 2.56. The molecule has 1 fully saturated rings. The van der Waals surface area contributed by atoms with Gasteiger partial charge in [0.15, 0.2) is 17.3 Å². The molecule has 0 bridgehead atoms. The number of rotatable bonds is 8. The summed E-state index contributed by atoms with van der Waals surface area (Å²) in [5.74, 6) is 1.11. The van der Waals surface area contributed by atoms with Crippen LogP contribution in [0.5, 0.6) is 5.75 Å². The highest BCUT2D eigenvalue weighted by Gasteiger charge is 2.23. The predicted molar refractivity (Wildman–Crippen MR) is 91.5 cm³/mol. The molecule has 0 aliphatic heterocycles. The van der Waals surface area contributed by atoms with Crippen LogP contribution in [0.15, 0.2) is 18.2 Å². The zero-order chi connectivity index (χ0) is 16.7. The number of unbranched alkanes of at least 4 members (excludes halogenated alkanes) is 2. The normalized spacial score (nSPS) is 21.2. The van der Waals surface area contributed by atoms with Crippen molar-refractivity contribution in [2.75, 3.05) is 7.11 Å². The zero-order valence-electron chi connectivity index (χ0n) is 14.4. The van der Waals surface area contributed by atoms with E-state index in [2.05, 4.69) is 6.92 Å². The fraction of sp³-hybridized carbons (Fsp3) is 0.650. The SMILES string of the molecule is CCCCCC1CCC(CC(=O)c2ccc(OC)c(F)c2)CC1. The number of hydrogen-bond acceptors (Lipinski definition) is 2. The van der Waals surface area contributed by atoms with Gasteiger partial charge in [0.2, 0.25) is 0 Å². The Kier molecular flexibility index (Phi) is 7.07. The Balaban J connectivity index is 1.79. The molecule has 1 aliphatic carbocycles. The van der Waals surface area contributed by atoms with E-state index in [9.17, 15) is 9.18 Å². The molecule has 0 saturated heterocycles. The highest BCUT2D eigenvalue weighted by atomic mass is 19.1. The van der Waals surface area contributed by atoms with Crippen LogP contribution in [-0.2, 0) is 0 Å². The van der Waals surface area contributed by atoms with Crippen molar-refractivity contribution in [3.8, 4) is 5.75 Å². The maximum Gasteiger partial charge on any atom is 0.165 e. The number of methoxy groups -OCH3 is 1. The van der Waals surface area contributed by atoms with E-state index < -0.39 is 5.82 Å². The minimum atomic E-state index is -0.460. The number of halogens is 1. The van der Waals surface area contributed by atoms with Crippen LogP contribution in [-0.4, -0.2) is 12.9 Å². The second kappa shape index (κ2) is 9.05. The highest BCUT2D eigenvalue weighted by molar-refractivity contribution is 5.96. The predicted octanol–water partition coefficient (Wildman–Crippen LogP) is 5.79. The molecule has 2 rings (SSSR count). The van der Waals surface area contributed by atoms with Crippen molar-refractivity contribution < 1.29 is 13.9 Å². The van der Waals surface area contributed by atoms with Gasteiger partial charge >= 0.3 is 0 Å². The van der Waals surface area contributed by atoms with Crippen LogP contribution in [0.25, 0.3) is 0 Å². The van der Waals surface area contributed by atoms with Crippen LogP contribution in [0, 0.1) is 17.7 Å². The van der Waals surface area contributed by atoms with Gasteiger partial charge in [-0.3, -0.25) is 4.79 Å². The third kappa shape index (κ3) is 5.33. The fourth-order valence-electron chi connectivity index (χ4n) is 3.63. The zero-order valence-corrected chi connectivity index (χ0v) is 14.4. The molecule has 0 N–H and O–H groups in total. The van der Waals surface area contributed by atoms with Crippen LogP contribution in [0.3, 0.4) is 0 Å². The lowest BCUT2D eigenvalue weighted by Crippen LogP contribution is -2.17. The molecular weight excluding hydrogens is 291 g/mol. The average molecular weight is 320 g/mol. The first-order valence-corrected chi connectivity index (χ1v) is 9.00. The minimum absolute atomic E-state index is 0.0565. The second-order valence-electron chi connectivity index (χ2n) is 6.86. The Morgan fingerprint density at radius 2 is 1.87 bits per heavy atom. The van der Waals surface area contributed by atoms with Crippen molar-refractivity contribution in [1.29, 1.82) is 0 Å². The summed E-state index contributed by atoms with van der Waals surface area (Å²) >= 11 is 0. The highest BCUT2D eigenvalue weighted by Crippen LogP contribution is 2.34. The first-order valence-electron chi connectivity index (χ1n) is 9.00. The summed E-state index contributed by atoms with van der Waals surface area (Å²) < 4.78 is 18.6. The summed E-state index contributed by atoms with van der Waals surface area (Å²) in [6, 6.07) is 4.51. The van der Waals surface area contributed by atoms with Crippen molar-refractivity contribution in [3.63, 3.8) is 0 Å². The van der Waals surface area contributed by atoms with E-state index in [1.807, 2.05) is 0 Å². The molecule has 23 heavy (non-hydrogen) atoms. The Bertz CT molecular complexity index is 504. The second-order valence-corrected chi connectivity index (χ2v) is 6.86. The van der Waals surface area contributed by atoms with Crippen LogP contribution in [0.4, 0.5) is 4.39 Å². The van der Waals surface area contributed by atoms with Gasteiger partial charge in [0.25, 0.3) is 0 Å². The van der Waals surface area contributed by atoms with Gasteiger partial charge in [0, 0.05) is 12.0 Å². The molecule has 0 atom stereocenters. The first-order chi connectivity index (χ1) is 11.1. The lowest BCUT2D eigenvalue weighted by Gasteiger charge is -2.28. The minimum Gasteiger partial charge on any atom is -0.494 e. The largest absolute Gasteiger partial charge is 0.494 e. The van der Waals surface area contributed by atoms with Crippen LogP contribution < -0.4 is 4.74 Å². The van der Waals surface area contributed by atoms with Crippen molar-refractivity contribution in [3.05, 3.63) is 29.6 Å². The summed E-state index contributed by atoms with van der Waals surface area (Å²) in [6.07, 6.45) is 10.6. The van der Waals surface area contributed by atoms with Gasteiger partial charge in [0.05, 0.1) is 7.11 Å². The van der Waals surface area contributed by atoms with Crippen molar-refractivity contribution >= 4 is 5.78 Å². The third-order valence-corrected chi connectivity index (χ3v) is 5.13. The number of hydrogen-bond donors (Lipinski definition) is 0. The van der Waals surface area contributed by atoms with Crippen molar-refractivity contribution in [1.82, 2.24) is 0 Å². The maximum atomic E-state index is 13.7. The molecule has 1 saturated carbocycles. The van der Waals surface area contributed by atoms with Crippen molar-refractivity contribution in [2.24, 2.45) is 11.8 Å². The van der Waals surface area contributed by atoms with Crippen LogP contribution in [0.1, 0.15) is 75.1 Å². The maximum absolute atomic E-state index is 13.7. The standard InChI is InChI=1S/C20H29FO2/c1-3-4-5-6-15-7-9-16(10-8-15)13-19(22)17-11-12-20(23-2)18(21)14-17/h11-12,14-16H,3-10,13H2,1-2H3. The molecule has 0 radical (unpaired) electrons. The molecule has 2 nitrogen and oxygen atoms in total. The van der Waals surface area contributed by atoms with Gasteiger partial charge in [-0.25, -0.2) is 4.39 Å². The summed E-state index contributed by atoms with van der Waals surface area (Å²) in [7, 11) is 1.43. The number of ketones is 1. The number of carbonyl (C=O) groups excluding carboxylic acids is 1. The number of ether oxygens (including phenoxy) is 1. The Morgan fingerprint density at radius 3 is 2.48 bits per heavy atom. The Hall–Kier alpha value is -1.38. The van der Waals surface area contributed by atoms with Gasteiger partial charge in [-0.1, -0.05) is 45.4 Å². The van der Waals surface area contributed by atoms with Gasteiger partial charge < -0.3 is 4.74 Å². The van der Waals surface area contributed by atoms with E-state index in [-0.39, 0.29) is 11.5 Å². The number of benzene rings is 1. The van der Waals surface area contributed by atoms with Gasteiger partial charge in [-0.05, 0) is 42.9 Å². The molecule has 1 aromatic carbocycles. The number of carbonyl (C=O) groups is 1. The first kappa shape index (κ1) is 18.0. The number of Topliss-reactive ketones (excluding diaryl/α,β-unsaturated/α-hetero) is 1. The van der Waals surface area contributed by atoms with Crippen LogP contribution >= 0.6 is 0 Å². The molecule has 0 heterocycles. The fourth-order valence-corrected chi connectivity index (χ4v) is 3.63. The van der Waals surface area contributed by atoms with E-state index in [0.717, 1.165) is 18.8 Å². The van der Waals surface area contributed by atoms with Gasteiger partial charge in [-0.15, -0.1) is 0 Å². The monoisotopic (exact) mass is 320 g/mol. The molecule has 0 amide bonds. The smallest absolute Gasteiger partial charge is 0.165 e. The molecule has 0 spiro atoms. The molecule has 0 aromatic heterocycles. The summed E-state index contributed by atoms with van der Waals surface area (Å²) in [4.78, 5) is 12.3. The van der Waals surface area contributed by atoms with Crippen LogP contribution in [0.2, 0.25) is 0 Å². The van der Waals surface area contributed by atoms with Gasteiger partial charge in [0.1, 0.15) is 0 Å². The quantitative estimate of drug-likeness (QED) is 0.447. The summed E-state index contributed by atoms with van der Waals surface area (Å²) in [6.45, 7) is 2.24. The molecule has 1 aromatic rings. The van der Waals surface area contributed by atoms with E-state index >= 15 is 0 Å². The summed E-state index contributed by atoms with van der Waals surface area (Å²) in [5, 5.41) is 0. The molecular formula is C20H29FO2. The van der Waals surface area contributed by atoms with Crippen molar-refractivity contribution in [2.45, 2.75) is 64.7 Å². The molecule has 0 unspecified atom stereocenters. The van der Waals surface area contributed by atoms with E-state index in [1.165, 1.54) is 57.8 Å². The van der Waals surface area contributed by atoms with E-state index in [4.69, 9.17) is 4.74 Å². The lowest BCUT2D eigenvalue weighted by atomic mass is 9.77. The molecule has 3 heteroatoms. The molecule has 1 aliphatic rings. The van der Waals surface area contributed by atoms with E-state index in [0.29, 0.717) is 17.9 Å². The Labute approximate surface area is 139 Å². The Morgan fingerprint density at radius 1 is 1.17 bits per heavy atom. The van der Waals surface area contributed by atoms with E-state index in [1.54, 1.807) is 6.07 Å². The van der Waals surface area contributed by atoms with Gasteiger partial charge in [-0.2, -0.15) is 0 Å². The third-order valence-electron chi connectivity index (χ3n) is 5.13. The lowest BCUT2D eigenvalue weighted by molar-refractivity contribution is 0.0941. The summed E-state index contributed by atoms with van der Waals surface area (Å²) in [5.41, 5.74) is 0.466.